The fraction of sp³-hybridized carbons (Fsp3) is 0.200. The van der Waals surface area contributed by atoms with E-state index in [-0.39, 0.29) is 39.6 Å². The van der Waals surface area contributed by atoms with E-state index in [0.29, 0.717) is 16.3 Å². The van der Waals surface area contributed by atoms with Crippen LogP contribution >= 0.6 is 34.9 Å². The first-order valence-corrected chi connectivity index (χ1v) is 15.8. The molecule has 2 atom stereocenters. The van der Waals surface area contributed by atoms with E-state index >= 15 is 0 Å². The minimum Gasteiger partial charge on any atom is -0.477 e. The van der Waals surface area contributed by atoms with Gasteiger partial charge in [-0.05, 0) is 30.7 Å². The van der Waals surface area contributed by atoms with Crippen LogP contribution in [0.1, 0.15) is 32.6 Å². The summed E-state index contributed by atoms with van der Waals surface area (Å²) in [7, 11) is 0. The molecule has 21 heteroatoms. The van der Waals surface area contributed by atoms with Crippen molar-refractivity contribution < 1.29 is 43.4 Å². The van der Waals surface area contributed by atoms with E-state index in [1.54, 1.807) is 13.0 Å². The van der Waals surface area contributed by atoms with Gasteiger partial charge in [-0.25, -0.2) is 24.4 Å². The number of carboxylic acid groups (broad SMARTS) is 2. The number of oxime groups is 1. The van der Waals surface area contributed by atoms with E-state index in [0.717, 1.165) is 16.2 Å². The lowest BCUT2D eigenvalue weighted by molar-refractivity contribution is -0.150. The molecule has 2 aliphatic heterocycles. The van der Waals surface area contributed by atoms with Crippen molar-refractivity contribution >= 4 is 81.2 Å². The molecule has 1 fully saturated rings. The van der Waals surface area contributed by atoms with Crippen molar-refractivity contribution in [3.8, 4) is 0 Å². The molecule has 46 heavy (non-hydrogen) atoms. The van der Waals surface area contributed by atoms with Gasteiger partial charge in [0.05, 0.1) is 6.26 Å². The molecular weight excluding hydrogens is 667 g/mol. The predicted molar refractivity (Wildman–Crippen MR) is 160 cm³/mol. The summed E-state index contributed by atoms with van der Waals surface area (Å²) in [6, 6.07) is 3.32. The van der Waals surface area contributed by atoms with E-state index in [1.807, 2.05) is 0 Å². The second kappa shape index (κ2) is 12.3. The molecule has 2 amide bonds. The molecule has 6 heterocycles. The number of carbonyl (C=O) groups is 5. The lowest BCUT2D eigenvalue weighted by atomic mass is 10.0. The highest BCUT2D eigenvalue weighted by Crippen LogP contribution is 2.41. The Labute approximate surface area is 268 Å². The SMILES string of the molecule is Cc1cc(SCC2=C(C(=O)O)N3C(=O)[C@@H](NC(=O)C(=NOC(=O)c4ccco4)c4csc(N)n4)[C@H]3SC2)n2nc(C(=O)O)nc2n1. The molecule has 1 saturated heterocycles. The number of nitrogens with zero attached hydrogens (tertiary/aromatic N) is 7. The number of aryl methyl sites for hydroxylation is 1. The largest absolute Gasteiger partial charge is 0.477 e. The minimum atomic E-state index is -1.34. The molecule has 4 aromatic rings. The third kappa shape index (κ3) is 5.77. The number of aromatic carboxylic acids is 1. The Kier molecular flexibility index (Phi) is 8.19. The lowest BCUT2D eigenvalue weighted by Crippen LogP contribution is -2.71. The van der Waals surface area contributed by atoms with E-state index in [4.69, 9.17) is 15.0 Å². The average molecular weight is 686 g/mol. The van der Waals surface area contributed by atoms with Crippen molar-refractivity contribution in [1.82, 2.24) is 34.8 Å². The summed E-state index contributed by atoms with van der Waals surface area (Å²) in [4.78, 5) is 80.6. The summed E-state index contributed by atoms with van der Waals surface area (Å²) in [6.07, 6.45) is 1.25. The maximum absolute atomic E-state index is 13.3. The van der Waals surface area contributed by atoms with Crippen LogP contribution in [0.15, 0.2) is 55.7 Å². The molecule has 5 N–H and O–H groups in total. The zero-order valence-corrected chi connectivity index (χ0v) is 25.6. The van der Waals surface area contributed by atoms with Gasteiger partial charge < -0.3 is 30.5 Å². The Hall–Kier alpha value is -5.28. The van der Waals surface area contributed by atoms with Crippen molar-refractivity contribution in [2.24, 2.45) is 5.16 Å². The molecule has 0 aromatic carbocycles. The number of hydrogen-bond acceptors (Lipinski definition) is 16. The smallest absolute Gasteiger partial charge is 0.400 e. The van der Waals surface area contributed by atoms with Gasteiger partial charge >= 0.3 is 17.9 Å². The molecule has 0 aliphatic carbocycles. The number of rotatable bonds is 10. The Bertz CT molecular complexity index is 1990. The van der Waals surface area contributed by atoms with Gasteiger partial charge in [-0.2, -0.15) is 9.50 Å². The molecule has 0 radical (unpaired) electrons. The molecule has 0 spiro atoms. The summed E-state index contributed by atoms with van der Waals surface area (Å²) in [5.41, 5.74) is 5.98. The zero-order chi connectivity index (χ0) is 32.7. The van der Waals surface area contributed by atoms with Crippen LogP contribution in [-0.2, 0) is 19.2 Å². The van der Waals surface area contributed by atoms with E-state index < -0.39 is 52.7 Å². The van der Waals surface area contributed by atoms with Gasteiger partial charge in [-0.1, -0.05) is 5.16 Å². The fourth-order valence-electron chi connectivity index (χ4n) is 4.44. The maximum Gasteiger partial charge on any atom is 0.400 e. The van der Waals surface area contributed by atoms with Gasteiger partial charge in [0.2, 0.25) is 5.76 Å². The molecule has 236 valence electrons. The topological polar surface area (TPSA) is 258 Å². The van der Waals surface area contributed by atoms with Crippen LogP contribution < -0.4 is 11.1 Å². The number of β-lactam (4-membered cyclic amide) rings is 1. The van der Waals surface area contributed by atoms with Crippen molar-refractivity contribution in [3.63, 3.8) is 0 Å². The average Bonchev–Trinajstić information content (AvgIpc) is 3.79. The van der Waals surface area contributed by atoms with Crippen LogP contribution in [-0.4, -0.2) is 98.0 Å². The first-order valence-electron chi connectivity index (χ1n) is 12.9. The van der Waals surface area contributed by atoms with Gasteiger partial charge in [0.1, 0.15) is 27.8 Å². The van der Waals surface area contributed by atoms with Gasteiger partial charge in [0, 0.05) is 22.6 Å². The first-order chi connectivity index (χ1) is 22.0. The normalized spacial score (nSPS) is 17.9. The molecule has 0 bridgehead atoms. The van der Waals surface area contributed by atoms with Gasteiger partial charge in [-0.3, -0.25) is 14.5 Å². The molecule has 2 aliphatic rings. The van der Waals surface area contributed by atoms with Gasteiger partial charge in [-0.15, -0.1) is 40.0 Å². The number of amides is 2. The number of fused-ring (bicyclic) bond motifs is 2. The number of hydrogen-bond donors (Lipinski definition) is 4. The van der Waals surface area contributed by atoms with E-state index in [1.165, 1.54) is 51.8 Å². The Morgan fingerprint density at radius 3 is 2.72 bits per heavy atom. The number of carboxylic acids is 2. The maximum atomic E-state index is 13.3. The van der Waals surface area contributed by atoms with Gasteiger partial charge in [0.15, 0.2) is 10.8 Å². The van der Waals surface area contributed by atoms with Crippen LogP contribution in [0.3, 0.4) is 0 Å². The number of nitrogens with one attached hydrogen (secondary N) is 1. The second-order valence-electron chi connectivity index (χ2n) is 9.46. The fourth-order valence-corrected chi connectivity index (χ4v) is 7.52. The number of thiazole rings is 1. The Morgan fingerprint density at radius 2 is 2.04 bits per heavy atom. The second-order valence-corrected chi connectivity index (χ2v) is 12.5. The number of thioether (sulfide) groups is 2. The highest BCUT2D eigenvalue weighted by molar-refractivity contribution is 8.01. The molecule has 0 unspecified atom stereocenters. The van der Waals surface area contributed by atoms with Crippen molar-refractivity contribution in [2.75, 3.05) is 17.2 Å². The summed E-state index contributed by atoms with van der Waals surface area (Å²) >= 11 is 3.41. The van der Waals surface area contributed by atoms with Crippen molar-refractivity contribution in [2.45, 2.75) is 23.4 Å². The van der Waals surface area contributed by atoms with E-state index in [2.05, 4.69) is 30.5 Å². The Balaban J connectivity index is 1.20. The Morgan fingerprint density at radius 1 is 1.24 bits per heavy atom. The van der Waals surface area contributed by atoms with Crippen molar-refractivity contribution in [1.29, 1.82) is 0 Å². The molecule has 0 saturated carbocycles. The number of aliphatic carboxylic acids is 1. The highest BCUT2D eigenvalue weighted by atomic mass is 32.2. The summed E-state index contributed by atoms with van der Waals surface area (Å²) in [6.45, 7) is 1.69. The van der Waals surface area contributed by atoms with Crippen molar-refractivity contribution in [3.05, 3.63) is 64.1 Å². The third-order valence-electron chi connectivity index (χ3n) is 6.45. The number of carbonyl (C=O) groups excluding carboxylic acids is 3. The summed E-state index contributed by atoms with van der Waals surface area (Å²) < 4.78 is 6.21. The number of nitrogen functional groups attached to an aromatic ring is 1. The molecular formula is C25H19N9O9S3. The highest BCUT2D eigenvalue weighted by Gasteiger charge is 2.54. The van der Waals surface area contributed by atoms with Crippen LogP contribution in [0.25, 0.3) is 5.78 Å². The summed E-state index contributed by atoms with van der Waals surface area (Å²) in [5, 5.41) is 30.7. The number of nitrogens with two attached hydrogens (primary N) is 1. The molecule has 18 nitrogen and oxygen atoms in total. The number of furan rings is 1. The monoisotopic (exact) mass is 685 g/mol. The zero-order valence-electron chi connectivity index (χ0n) is 23.1. The van der Waals surface area contributed by atoms with Crippen LogP contribution in [0, 0.1) is 6.92 Å². The van der Waals surface area contributed by atoms with Crippen LogP contribution in [0.5, 0.6) is 0 Å². The van der Waals surface area contributed by atoms with E-state index in [9.17, 15) is 34.2 Å². The molecule has 4 aromatic heterocycles. The van der Waals surface area contributed by atoms with Crippen LogP contribution in [0.2, 0.25) is 0 Å². The minimum absolute atomic E-state index is 0.0130. The first kappa shape index (κ1) is 30.7. The predicted octanol–water partition coefficient (Wildman–Crippen LogP) is 0.855. The number of aromatic nitrogens is 5. The summed E-state index contributed by atoms with van der Waals surface area (Å²) in [5.74, 6) is -5.46. The van der Waals surface area contributed by atoms with Crippen LogP contribution in [0.4, 0.5) is 5.13 Å². The third-order valence-corrected chi connectivity index (χ3v) is 9.54. The van der Waals surface area contributed by atoms with Gasteiger partial charge in [0.25, 0.3) is 23.4 Å². The quantitative estimate of drug-likeness (QED) is 0.0450. The lowest BCUT2D eigenvalue weighted by Gasteiger charge is -2.49. The number of anilines is 1. The molecule has 6 rings (SSSR count). The standard InChI is InChI=1S/C25H19N9O9S3/c1-9-5-13(34-25(27-9)30-17(31-34)22(39)40)44-6-10-7-45-20-15(19(36)33(20)16(10)21(37)38)29-18(35)14(11-8-46-24(26)28-11)32-43-23(41)12-3-2-4-42-12/h2-5,8,15,20H,6-7H2,1H3,(H2,26,28)(H,29,35)(H,37,38)(H,39,40)/t15-,20-/m1/s1.